The van der Waals surface area contributed by atoms with Crippen LogP contribution in [-0.4, -0.2) is 51.6 Å². The van der Waals surface area contributed by atoms with Crippen molar-refractivity contribution in [1.29, 1.82) is 0 Å². The molecule has 2 N–H and O–H groups in total. The van der Waals surface area contributed by atoms with Crippen LogP contribution in [0, 0.1) is 0 Å². The first-order valence-electron chi connectivity index (χ1n) is 6.83. The molecule has 2 atom stereocenters. The summed E-state index contributed by atoms with van der Waals surface area (Å²) in [5.74, 6) is 0.961. The van der Waals surface area contributed by atoms with Gasteiger partial charge < -0.3 is 19.5 Å². The molecule has 1 aromatic rings. The molecule has 8 heteroatoms. The Morgan fingerprint density at radius 3 is 2.09 bits per heavy atom. The molecule has 1 aromatic heterocycles. The number of aromatic nitrogens is 1. The third-order valence-corrected chi connectivity index (χ3v) is 2.92. The number of hydrogen-bond acceptors (Lipinski definition) is 6. The number of urea groups is 1. The zero-order valence-electron chi connectivity index (χ0n) is 13.7. The number of rotatable bonds is 1. The number of nitrogens with zero attached hydrogens (tertiary/aromatic N) is 3. The monoisotopic (exact) mass is 313 g/mol. The normalized spacial score (nSPS) is 21.7. The molecule has 124 valence electrons. The first-order valence-corrected chi connectivity index (χ1v) is 6.83. The highest BCUT2D eigenvalue weighted by atomic mass is 16.5. The van der Waals surface area contributed by atoms with Crippen LogP contribution in [0.2, 0.25) is 0 Å². The number of carbonyl (C=O) groups excluding carboxylic acids is 2. The number of hydrogen-bond donors (Lipinski definition) is 2. The highest BCUT2D eigenvalue weighted by molar-refractivity contribution is 5.93. The van der Waals surface area contributed by atoms with Gasteiger partial charge in [0.05, 0.1) is 0 Å². The van der Waals surface area contributed by atoms with Crippen LogP contribution in [0.25, 0.3) is 0 Å². The van der Waals surface area contributed by atoms with Crippen LogP contribution in [0.3, 0.4) is 0 Å². The maximum atomic E-state index is 11.8. The second-order valence-corrected chi connectivity index (χ2v) is 6.30. The Kier molecular flexibility index (Phi) is 5.31. The molecule has 2 unspecified atom stereocenters. The molecule has 2 rings (SSSR count). The van der Waals surface area contributed by atoms with Gasteiger partial charge in [-0.05, 0) is 13.8 Å². The first kappa shape index (κ1) is 18.1. The van der Waals surface area contributed by atoms with E-state index in [2.05, 4.69) is 5.16 Å². The summed E-state index contributed by atoms with van der Waals surface area (Å²) in [5, 5.41) is 23.2. The SMILES string of the molecule is CC(C)=O.CN1C(=O)N(c2cc(C(C)(C)C)on2)C(O)C1O. The predicted molar refractivity (Wildman–Crippen MR) is 79.2 cm³/mol. The minimum Gasteiger partial charge on any atom is -0.369 e. The quantitative estimate of drug-likeness (QED) is 0.803. The van der Waals surface area contributed by atoms with Gasteiger partial charge in [-0.25, -0.2) is 9.69 Å². The second-order valence-electron chi connectivity index (χ2n) is 6.30. The van der Waals surface area contributed by atoms with Gasteiger partial charge in [-0.1, -0.05) is 25.9 Å². The zero-order chi connectivity index (χ0) is 17.2. The van der Waals surface area contributed by atoms with Gasteiger partial charge in [-0.15, -0.1) is 0 Å². The summed E-state index contributed by atoms with van der Waals surface area (Å²) in [6.07, 6.45) is -2.62. The van der Waals surface area contributed by atoms with E-state index in [1.165, 1.54) is 20.9 Å². The molecule has 1 saturated heterocycles. The molecular formula is C14H23N3O5. The Morgan fingerprint density at radius 1 is 1.27 bits per heavy atom. The van der Waals surface area contributed by atoms with E-state index < -0.39 is 18.5 Å². The Bertz CT molecular complexity index is 545. The van der Waals surface area contributed by atoms with Crippen molar-refractivity contribution in [3.8, 4) is 0 Å². The smallest absolute Gasteiger partial charge is 0.329 e. The third kappa shape index (κ3) is 3.83. The first-order chi connectivity index (χ1) is 9.96. The van der Waals surface area contributed by atoms with Crippen LogP contribution in [0.1, 0.15) is 40.4 Å². The van der Waals surface area contributed by atoms with Crippen LogP contribution >= 0.6 is 0 Å². The lowest BCUT2D eigenvalue weighted by molar-refractivity contribution is -0.115. The van der Waals surface area contributed by atoms with Crippen LogP contribution in [-0.2, 0) is 10.2 Å². The molecule has 2 amide bonds. The number of carbonyl (C=O) groups is 2. The van der Waals surface area contributed by atoms with E-state index in [1.54, 1.807) is 6.07 Å². The summed E-state index contributed by atoms with van der Waals surface area (Å²) in [6, 6.07) is 1.07. The molecule has 1 fully saturated rings. The van der Waals surface area contributed by atoms with E-state index in [9.17, 15) is 19.8 Å². The minimum absolute atomic E-state index is 0.167. The van der Waals surface area contributed by atoms with Gasteiger partial charge in [0, 0.05) is 18.5 Å². The molecule has 0 aliphatic carbocycles. The maximum absolute atomic E-state index is 11.8. The lowest BCUT2D eigenvalue weighted by atomic mass is 9.93. The van der Waals surface area contributed by atoms with Crippen molar-refractivity contribution >= 4 is 17.6 Å². The van der Waals surface area contributed by atoms with Crippen molar-refractivity contribution in [2.75, 3.05) is 11.9 Å². The molecule has 0 spiro atoms. The largest absolute Gasteiger partial charge is 0.369 e. The predicted octanol–water partition coefficient (Wildman–Crippen LogP) is 1.08. The summed E-state index contributed by atoms with van der Waals surface area (Å²) in [7, 11) is 1.40. The summed E-state index contributed by atoms with van der Waals surface area (Å²) in [4.78, 5) is 23.3. The van der Waals surface area contributed by atoms with E-state index >= 15 is 0 Å². The molecule has 8 nitrogen and oxygen atoms in total. The van der Waals surface area contributed by atoms with Crippen molar-refractivity contribution in [3.63, 3.8) is 0 Å². The Hall–Kier alpha value is -1.93. The summed E-state index contributed by atoms with van der Waals surface area (Å²) in [5.41, 5.74) is -0.247. The number of ketones is 1. The molecular weight excluding hydrogens is 290 g/mol. The number of amides is 2. The fraction of sp³-hybridized carbons (Fsp3) is 0.643. The second kappa shape index (κ2) is 6.45. The van der Waals surface area contributed by atoms with Crippen LogP contribution < -0.4 is 4.90 Å². The van der Waals surface area contributed by atoms with Gasteiger partial charge in [0.2, 0.25) is 0 Å². The zero-order valence-corrected chi connectivity index (χ0v) is 13.7. The Balaban J connectivity index is 0.000000541. The van der Waals surface area contributed by atoms with Gasteiger partial charge in [0.15, 0.2) is 18.3 Å². The number of Topliss-reactive ketones (excluding diaryl/α,β-unsaturated/α-hetero) is 1. The molecule has 0 radical (unpaired) electrons. The molecule has 22 heavy (non-hydrogen) atoms. The van der Waals surface area contributed by atoms with Crippen molar-refractivity contribution in [3.05, 3.63) is 11.8 Å². The van der Waals surface area contributed by atoms with Crippen molar-refractivity contribution in [2.45, 2.75) is 52.5 Å². The lowest BCUT2D eigenvalue weighted by Gasteiger charge is -2.16. The van der Waals surface area contributed by atoms with Crippen molar-refractivity contribution in [2.24, 2.45) is 0 Å². The van der Waals surface area contributed by atoms with Crippen LogP contribution in [0.4, 0.5) is 10.6 Å². The summed E-state index contributed by atoms with van der Waals surface area (Å²) >= 11 is 0. The molecule has 2 heterocycles. The van der Waals surface area contributed by atoms with Crippen molar-refractivity contribution in [1.82, 2.24) is 10.1 Å². The van der Waals surface area contributed by atoms with E-state index in [-0.39, 0.29) is 17.0 Å². The van der Waals surface area contributed by atoms with E-state index in [0.29, 0.717) is 5.76 Å². The van der Waals surface area contributed by atoms with Gasteiger partial charge in [-0.3, -0.25) is 4.90 Å². The summed E-state index contributed by atoms with van der Waals surface area (Å²) in [6.45, 7) is 8.89. The molecule has 1 aliphatic rings. The number of aliphatic hydroxyl groups is 2. The molecule has 0 saturated carbocycles. The van der Waals surface area contributed by atoms with Crippen molar-refractivity contribution < 1.29 is 24.3 Å². The van der Waals surface area contributed by atoms with Crippen LogP contribution in [0.5, 0.6) is 0 Å². The number of aliphatic hydroxyl groups excluding tert-OH is 2. The Morgan fingerprint density at radius 2 is 1.77 bits per heavy atom. The summed E-state index contributed by atoms with van der Waals surface area (Å²) < 4.78 is 5.15. The third-order valence-electron chi connectivity index (χ3n) is 2.92. The van der Waals surface area contributed by atoms with Gasteiger partial charge in [-0.2, -0.15) is 0 Å². The fourth-order valence-corrected chi connectivity index (χ4v) is 1.70. The minimum atomic E-state index is -1.35. The van der Waals surface area contributed by atoms with Gasteiger partial charge >= 0.3 is 6.03 Å². The highest BCUT2D eigenvalue weighted by Gasteiger charge is 2.44. The standard InChI is InChI=1S/C11H17N3O4.C3H6O/c1-11(2,3)6-5-7(12-18-6)14-9(16)8(15)13(4)10(14)17;1-3(2)4/h5,8-9,15-16H,1-4H3;1-2H3. The molecule has 0 bridgehead atoms. The average molecular weight is 313 g/mol. The lowest BCUT2D eigenvalue weighted by Crippen LogP contribution is -2.36. The van der Waals surface area contributed by atoms with E-state index in [0.717, 1.165) is 9.80 Å². The van der Waals surface area contributed by atoms with E-state index in [4.69, 9.17) is 4.52 Å². The van der Waals surface area contributed by atoms with Gasteiger partial charge in [0.1, 0.15) is 11.5 Å². The van der Waals surface area contributed by atoms with Gasteiger partial charge in [0.25, 0.3) is 0 Å². The van der Waals surface area contributed by atoms with E-state index in [1.807, 2.05) is 20.8 Å². The topological polar surface area (TPSA) is 107 Å². The Labute approximate surface area is 129 Å². The molecule has 1 aliphatic heterocycles. The highest BCUT2D eigenvalue weighted by Crippen LogP contribution is 2.30. The molecule has 0 aromatic carbocycles. The number of likely N-dealkylation sites (N-methyl/N-ethyl adjacent to an activating group) is 1. The maximum Gasteiger partial charge on any atom is 0.329 e. The number of anilines is 1. The average Bonchev–Trinajstić information content (AvgIpc) is 2.91. The fourth-order valence-electron chi connectivity index (χ4n) is 1.70. The van der Waals surface area contributed by atoms with Crippen LogP contribution in [0.15, 0.2) is 10.6 Å².